The van der Waals surface area contributed by atoms with Gasteiger partial charge in [0, 0.05) is 25.0 Å². The lowest BCUT2D eigenvalue weighted by atomic mass is 10.1. The van der Waals surface area contributed by atoms with Gasteiger partial charge in [-0.05, 0) is 43.4 Å². The smallest absolute Gasteiger partial charge is 0.261 e. The normalized spacial score (nSPS) is 13.8. The molecule has 0 spiro atoms. The van der Waals surface area contributed by atoms with Gasteiger partial charge in [-0.15, -0.1) is 12.4 Å². The van der Waals surface area contributed by atoms with Crippen LogP contribution in [0, 0.1) is 0 Å². The summed E-state index contributed by atoms with van der Waals surface area (Å²) in [6.45, 7) is 7.12. The van der Waals surface area contributed by atoms with Crippen LogP contribution in [0.25, 0.3) is 11.6 Å². The molecule has 2 amide bonds. The Labute approximate surface area is 174 Å². The second kappa shape index (κ2) is 9.99. The maximum atomic E-state index is 12.3. The Balaban J connectivity index is 0.00000300. The van der Waals surface area contributed by atoms with Gasteiger partial charge in [-0.2, -0.15) is 0 Å². The minimum atomic E-state index is -0.505. The summed E-state index contributed by atoms with van der Waals surface area (Å²) < 4.78 is 0. The molecule has 1 aliphatic heterocycles. The largest absolute Gasteiger partial charge is 0.351 e. The first-order chi connectivity index (χ1) is 13.5. The molecule has 2 aromatic rings. The van der Waals surface area contributed by atoms with Gasteiger partial charge in [0.25, 0.3) is 17.4 Å². The van der Waals surface area contributed by atoms with E-state index in [1.807, 2.05) is 0 Å². The van der Waals surface area contributed by atoms with Crippen molar-refractivity contribution in [3.05, 3.63) is 57.8 Å². The van der Waals surface area contributed by atoms with Gasteiger partial charge in [-0.3, -0.25) is 19.4 Å². The average molecular weight is 418 g/mol. The fourth-order valence-corrected chi connectivity index (χ4v) is 3.02. The Kier molecular flexibility index (Phi) is 7.69. The third-order valence-corrected chi connectivity index (χ3v) is 4.64. The van der Waals surface area contributed by atoms with Crippen molar-refractivity contribution in [1.29, 1.82) is 0 Å². The number of H-pyrrole nitrogens is 1. The van der Waals surface area contributed by atoms with E-state index in [-0.39, 0.29) is 23.9 Å². The summed E-state index contributed by atoms with van der Waals surface area (Å²) in [5.74, 6) is -0.703. The van der Waals surface area contributed by atoms with Crippen molar-refractivity contribution in [2.75, 3.05) is 31.5 Å². The predicted octanol–water partition coefficient (Wildman–Crippen LogP) is 1.76. The van der Waals surface area contributed by atoms with E-state index in [1.165, 1.54) is 6.07 Å². The summed E-state index contributed by atoms with van der Waals surface area (Å²) in [5.41, 5.74) is 1.48. The number of aromatic amines is 1. The molecule has 0 saturated carbocycles. The minimum absolute atomic E-state index is 0. The molecule has 0 atom stereocenters. The summed E-state index contributed by atoms with van der Waals surface area (Å²) in [4.78, 5) is 45.7. The highest BCUT2D eigenvalue weighted by Crippen LogP contribution is 2.30. The zero-order valence-corrected chi connectivity index (χ0v) is 17.1. The number of amides is 2. The molecule has 9 heteroatoms. The number of fused-ring (bicyclic) bond motifs is 1. The lowest BCUT2D eigenvalue weighted by Crippen LogP contribution is -2.36. The lowest BCUT2D eigenvalue weighted by Gasteiger charge is -2.17. The standard InChI is InChI=1S/C20H23N5O3.ClH/c1-3-25(4-2)11-10-22-18(26)14-8-7-13(23-19(14)27)12-15-17-16(24-20(15)28)6-5-9-21-17;/h5-9,12H,3-4,10-11H2,1-2H3,(H,22,26)(H,23,27)(H,24,28);1H/b15-12-;. The van der Waals surface area contributed by atoms with Crippen LogP contribution >= 0.6 is 12.4 Å². The van der Waals surface area contributed by atoms with Crippen molar-refractivity contribution in [3.63, 3.8) is 0 Å². The summed E-state index contributed by atoms with van der Waals surface area (Å²) in [6, 6.07) is 6.55. The molecule has 0 fully saturated rings. The molecule has 29 heavy (non-hydrogen) atoms. The van der Waals surface area contributed by atoms with Crippen LogP contribution in [0.5, 0.6) is 0 Å². The third-order valence-electron chi connectivity index (χ3n) is 4.64. The molecule has 3 N–H and O–H groups in total. The van der Waals surface area contributed by atoms with Crippen LogP contribution in [-0.4, -0.2) is 52.9 Å². The zero-order valence-electron chi connectivity index (χ0n) is 16.3. The Morgan fingerprint density at radius 3 is 2.66 bits per heavy atom. The number of nitrogens with one attached hydrogen (secondary N) is 3. The monoisotopic (exact) mass is 417 g/mol. The average Bonchev–Trinajstić information content (AvgIpc) is 3.00. The van der Waals surface area contributed by atoms with E-state index in [4.69, 9.17) is 0 Å². The van der Waals surface area contributed by atoms with Gasteiger partial charge in [0.1, 0.15) is 5.56 Å². The summed E-state index contributed by atoms with van der Waals surface area (Å²) >= 11 is 0. The van der Waals surface area contributed by atoms with Crippen LogP contribution in [0.2, 0.25) is 0 Å². The SMILES string of the molecule is CCN(CC)CCNC(=O)c1ccc(/C=C2\C(=O)Nc3cccnc32)[nH]c1=O.Cl. The highest BCUT2D eigenvalue weighted by atomic mass is 35.5. The molecule has 0 radical (unpaired) electrons. The van der Waals surface area contributed by atoms with Gasteiger partial charge in [-0.25, -0.2) is 0 Å². The number of aromatic nitrogens is 2. The molecule has 3 rings (SSSR count). The van der Waals surface area contributed by atoms with Crippen molar-refractivity contribution in [2.24, 2.45) is 0 Å². The van der Waals surface area contributed by atoms with E-state index in [2.05, 4.69) is 39.3 Å². The molecular formula is C20H24ClN5O3. The highest BCUT2D eigenvalue weighted by molar-refractivity contribution is 6.34. The van der Waals surface area contributed by atoms with Gasteiger partial charge in [0.05, 0.1) is 17.0 Å². The van der Waals surface area contributed by atoms with Crippen LogP contribution in [0.15, 0.2) is 35.3 Å². The number of rotatable bonds is 7. The summed E-state index contributed by atoms with van der Waals surface area (Å²) in [6.07, 6.45) is 3.15. The molecular weight excluding hydrogens is 394 g/mol. The van der Waals surface area contributed by atoms with E-state index >= 15 is 0 Å². The molecule has 0 bridgehead atoms. The molecule has 3 heterocycles. The molecule has 0 saturated heterocycles. The van der Waals surface area contributed by atoms with Crippen LogP contribution in [-0.2, 0) is 4.79 Å². The first-order valence-corrected chi connectivity index (χ1v) is 9.25. The van der Waals surface area contributed by atoms with E-state index in [0.717, 1.165) is 19.6 Å². The molecule has 2 aromatic heterocycles. The van der Waals surface area contributed by atoms with Gasteiger partial charge < -0.3 is 20.5 Å². The van der Waals surface area contributed by atoms with Crippen LogP contribution in [0.1, 0.15) is 35.6 Å². The number of carbonyl (C=O) groups is 2. The Bertz CT molecular complexity index is 982. The Morgan fingerprint density at radius 2 is 1.97 bits per heavy atom. The van der Waals surface area contributed by atoms with E-state index in [9.17, 15) is 14.4 Å². The number of hydrogen-bond donors (Lipinski definition) is 3. The molecule has 0 aliphatic carbocycles. The first kappa shape index (κ1) is 22.3. The number of hydrogen-bond acceptors (Lipinski definition) is 5. The lowest BCUT2D eigenvalue weighted by molar-refractivity contribution is -0.110. The van der Waals surface area contributed by atoms with Gasteiger partial charge in [-0.1, -0.05) is 13.8 Å². The number of nitrogens with zero attached hydrogens (tertiary/aromatic N) is 2. The Hall–Kier alpha value is -2.97. The molecule has 8 nitrogen and oxygen atoms in total. The van der Waals surface area contributed by atoms with E-state index in [1.54, 1.807) is 30.5 Å². The second-order valence-corrected chi connectivity index (χ2v) is 6.35. The van der Waals surface area contributed by atoms with Gasteiger partial charge >= 0.3 is 0 Å². The van der Waals surface area contributed by atoms with Crippen molar-refractivity contribution in [1.82, 2.24) is 20.2 Å². The fourth-order valence-electron chi connectivity index (χ4n) is 3.02. The minimum Gasteiger partial charge on any atom is -0.351 e. The first-order valence-electron chi connectivity index (χ1n) is 9.25. The van der Waals surface area contributed by atoms with Gasteiger partial charge in [0.2, 0.25) is 0 Å². The van der Waals surface area contributed by atoms with Crippen LogP contribution < -0.4 is 16.2 Å². The fraction of sp³-hybridized carbons (Fsp3) is 0.300. The van der Waals surface area contributed by atoms with Crippen molar-refractivity contribution >= 4 is 41.6 Å². The zero-order chi connectivity index (χ0) is 20.1. The number of carbonyl (C=O) groups excluding carboxylic acids is 2. The maximum Gasteiger partial charge on any atom is 0.261 e. The second-order valence-electron chi connectivity index (χ2n) is 6.35. The Morgan fingerprint density at radius 1 is 1.21 bits per heavy atom. The molecule has 0 aromatic carbocycles. The maximum absolute atomic E-state index is 12.3. The number of halogens is 1. The van der Waals surface area contributed by atoms with E-state index < -0.39 is 11.5 Å². The van der Waals surface area contributed by atoms with Gasteiger partial charge in [0.15, 0.2) is 0 Å². The predicted molar refractivity (Wildman–Crippen MR) is 115 cm³/mol. The number of likely N-dealkylation sites (N-methyl/N-ethyl adjacent to an activating group) is 1. The van der Waals surface area contributed by atoms with Crippen molar-refractivity contribution < 1.29 is 9.59 Å². The summed E-state index contributed by atoms with van der Waals surface area (Å²) in [7, 11) is 0. The number of anilines is 1. The quantitative estimate of drug-likeness (QED) is 0.595. The highest BCUT2D eigenvalue weighted by Gasteiger charge is 2.25. The summed E-state index contributed by atoms with van der Waals surface area (Å²) in [5, 5.41) is 5.49. The molecule has 0 unspecified atom stereocenters. The van der Waals surface area contributed by atoms with Crippen molar-refractivity contribution in [3.8, 4) is 0 Å². The topological polar surface area (TPSA) is 107 Å². The molecule has 1 aliphatic rings. The third kappa shape index (κ3) is 5.10. The van der Waals surface area contributed by atoms with E-state index in [0.29, 0.717) is 29.2 Å². The molecule has 154 valence electrons. The number of pyridine rings is 2. The van der Waals surface area contributed by atoms with Crippen LogP contribution in [0.4, 0.5) is 5.69 Å². The van der Waals surface area contributed by atoms with Crippen LogP contribution in [0.3, 0.4) is 0 Å². The van der Waals surface area contributed by atoms with Crippen molar-refractivity contribution in [2.45, 2.75) is 13.8 Å².